The van der Waals surface area contributed by atoms with Gasteiger partial charge in [-0.1, -0.05) is 6.07 Å². The first kappa shape index (κ1) is 13.1. The number of carboxylic acids is 1. The van der Waals surface area contributed by atoms with E-state index in [0.29, 0.717) is 5.75 Å². The second kappa shape index (κ2) is 5.54. The summed E-state index contributed by atoms with van der Waals surface area (Å²) in [5, 5.41) is 10.8. The lowest BCUT2D eigenvalue weighted by Gasteiger charge is -2.03. The maximum atomic E-state index is 10.7. The number of aryl methyl sites for hydroxylation is 2. The summed E-state index contributed by atoms with van der Waals surface area (Å²) in [7, 11) is 0. The van der Waals surface area contributed by atoms with Crippen molar-refractivity contribution >= 4 is 29.1 Å². The van der Waals surface area contributed by atoms with Crippen molar-refractivity contribution in [2.45, 2.75) is 24.5 Å². The van der Waals surface area contributed by atoms with Gasteiger partial charge in [0.2, 0.25) is 5.01 Å². The van der Waals surface area contributed by atoms with Crippen molar-refractivity contribution in [2.24, 2.45) is 0 Å². The fourth-order valence-corrected chi connectivity index (χ4v) is 3.08. The van der Waals surface area contributed by atoms with E-state index in [4.69, 9.17) is 5.11 Å². The summed E-state index contributed by atoms with van der Waals surface area (Å²) >= 11 is 2.85. The largest absolute Gasteiger partial charge is 0.476 e. The molecule has 0 bridgehead atoms. The van der Waals surface area contributed by atoms with Crippen LogP contribution < -0.4 is 0 Å². The Labute approximate surface area is 114 Å². The normalized spacial score (nSPS) is 10.6. The SMILES string of the molecule is Cc1ccc(SCc2csc(C(=O)O)n2)cc1C. The Hall–Kier alpha value is -1.33. The van der Waals surface area contributed by atoms with Gasteiger partial charge in [-0.15, -0.1) is 23.1 Å². The number of nitrogens with zero attached hydrogens (tertiary/aromatic N) is 1. The third-order valence-corrected chi connectivity index (χ3v) is 4.51. The van der Waals surface area contributed by atoms with Crippen molar-refractivity contribution in [2.75, 3.05) is 0 Å². The molecule has 5 heteroatoms. The molecule has 0 fully saturated rings. The van der Waals surface area contributed by atoms with Crippen LogP contribution in [0.15, 0.2) is 28.5 Å². The highest BCUT2D eigenvalue weighted by Gasteiger charge is 2.09. The van der Waals surface area contributed by atoms with Gasteiger partial charge < -0.3 is 5.11 Å². The lowest BCUT2D eigenvalue weighted by Crippen LogP contribution is -1.95. The van der Waals surface area contributed by atoms with Gasteiger partial charge in [0.15, 0.2) is 0 Å². The van der Waals surface area contributed by atoms with Crippen molar-refractivity contribution < 1.29 is 9.90 Å². The second-order valence-electron chi connectivity index (χ2n) is 3.98. The van der Waals surface area contributed by atoms with Gasteiger partial charge in [-0.05, 0) is 37.1 Å². The summed E-state index contributed by atoms with van der Waals surface area (Å²) in [6, 6.07) is 6.32. The van der Waals surface area contributed by atoms with Crippen LogP contribution >= 0.6 is 23.1 Å². The molecule has 18 heavy (non-hydrogen) atoms. The third-order valence-electron chi connectivity index (χ3n) is 2.60. The summed E-state index contributed by atoms with van der Waals surface area (Å²) in [5.41, 5.74) is 3.37. The molecule has 0 atom stereocenters. The van der Waals surface area contributed by atoms with Gasteiger partial charge >= 0.3 is 5.97 Å². The van der Waals surface area contributed by atoms with Gasteiger partial charge in [0.25, 0.3) is 0 Å². The highest BCUT2D eigenvalue weighted by atomic mass is 32.2. The zero-order valence-corrected chi connectivity index (χ0v) is 11.8. The molecule has 1 N–H and O–H groups in total. The molecule has 0 amide bonds. The van der Waals surface area contributed by atoms with Crippen LogP contribution in [-0.4, -0.2) is 16.1 Å². The molecule has 0 aliphatic carbocycles. The van der Waals surface area contributed by atoms with E-state index in [2.05, 4.69) is 37.0 Å². The van der Waals surface area contributed by atoms with Gasteiger partial charge in [-0.25, -0.2) is 9.78 Å². The fraction of sp³-hybridized carbons (Fsp3) is 0.231. The fourth-order valence-electron chi connectivity index (χ4n) is 1.43. The summed E-state index contributed by atoms with van der Waals surface area (Å²) in [5.74, 6) is -0.255. The van der Waals surface area contributed by atoms with Crippen molar-refractivity contribution in [3.8, 4) is 0 Å². The number of hydrogen-bond donors (Lipinski definition) is 1. The van der Waals surface area contributed by atoms with Gasteiger partial charge in [0.05, 0.1) is 5.69 Å². The first-order valence-electron chi connectivity index (χ1n) is 5.44. The molecule has 1 aromatic heterocycles. The number of benzene rings is 1. The molecule has 0 saturated carbocycles. The zero-order valence-electron chi connectivity index (χ0n) is 10.1. The Morgan fingerprint density at radius 1 is 1.39 bits per heavy atom. The van der Waals surface area contributed by atoms with Crippen LogP contribution in [0.2, 0.25) is 0 Å². The molecule has 2 rings (SSSR count). The number of carboxylic acid groups (broad SMARTS) is 1. The molecule has 2 aromatic rings. The number of carbonyl (C=O) groups is 1. The molecular weight excluding hydrogens is 266 g/mol. The minimum atomic E-state index is -0.956. The van der Waals surface area contributed by atoms with E-state index in [9.17, 15) is 4.79 Å². The molecule has 0 unspecified atom stereocenters. The molecule has 3 nitrogen and oxygen atoms in total. The van der Waals surface area contributed by atoms with Crippen molar-refractivity contribution in [3.63, 3.8) is 0 Å². The van der Waals surface area contributed by atoms with Gasteiger partial charge in [0.1, 0.15) is 0 Å². The first-order valence-corrected chi connectivity index (χ1v) is 7.30. The van der Waals surface area contributed by atoms with E-state index in [1.54, 1.807) is 17.1 Å². The highest BCUT2D eigenvalue weighted by Crippen LogP contribution is 2.25. The molecule has 0 radical (unpaired) electrons. The lowest BCUT2D eigenvalue weighted by atomic mass is 10.1. The molecule has 1 heterocycles. The number of aromatic nitrogens is 1. The van der Waals surface area contributed by atoms with Gasteiger partial charge in [0, 0.05) is 16.0 Å². The number of thiazole rings is 1. The zero-order chi connectivity index (χ0) is 13.1. The Bertz CT molecular complexity index is 578. The monoisotopic (exact) mass is 279 g/mol. The van der Waals surface area contributed by atoms with Crippen LogP contribution in [0.3, 0.4) is 0 Å². The minimum Gasteiger partial charge on any atom is -0.476 e. The van der Waals surface area contributed by atoms with E-state index in [1.165, 1.54) is 27.4 Å². The van der Waals surface area contributed by atoms with E-state index >= 15 is 0 Å². The van der Waals surface area contributed by atoms with Gasteiger partial charge in [-0.3, -0.25) is 0 Å². The quantitative estimate of drug-likeness (QED) is 0.866. The Kier molecular flexibility index (Phi) is 4.04. The summed E-state index contributed by atoms with van der Waals surface area (Å²) in [6.45, 7) is 4.17. The molecule has 1 aromatic carbocycles. The number of hydrogen-bond acceptors (Lipinski definition) is 4. The van der Waals surface area contributed by atoms with Crippen LogP contribution in [0.1, 0.15) is 26.6 Å². The van der Waals surface area contributed by atoms with Crippen LogP contribution in [0.5, 0.6) is 0 Å². The van der Waals surface area contributed by atoms with Crippen LogP contribution in [0.25, 0.3) is 0 Å². The minimum absolute atomic E-state index is 0.158. The molecule has 0 aliphatic rings. The van der Waals surface area contributed by atoms with Crippen molar-refractivity contribution in [3.05, 3.63) is 45.4 Å². The number of rotatable bonds is 4. The average Bonchev–Trinajstić information content (AvgIpc) is 2.79. The predicted molar refractivity (Wildman–Crippen MR) is 74.6 cm³/mol. The smallest absolute Gasteiger partial charge is 0.365 e. The summed E-state index contributed by atoms with van der Waals surface area (Å²) < 4.78 is 0. The van der Waals surface area contributed by atoms with Crippen LogP contribution in [0.4, 0.5) is 0 Å². The maximum absolute atomic E-state index is 10.7. The third kappa shape index (κ3) is 3.11. The van der Waals surface area contributed by atoms with Gasteiger partial charge in [-0.2, -0.15) is 0 Å². The molecule has 0 aliphatic heterocycles. The van der Waals surface area contributed by atoms with E-state index in [1.807, 2.05) is 0 Å². The molecule has 0 saturated heterocycles. The first-order chi connectivity index (χ1) is 8.56. The van der Waals surface area contributed by atoms with E-state index in [0.717, 1.165) is 5.69 Å². The Morgan fingerprint density at radius 2 is 2.17 bits per heavy atom. The van der Waals surface area contributed by atoms with Crippen LogP contribution in [-0.2, 0) is 5.75 Å². The average molecular weight is 279 g/mol. The number of thioether (sulfide) groups is 1. The molecular formula is C13H13NO2S2. The summed E-state index contributed by atoms with van der Waals surface area (Å²) in [6.07, 6.45) is 0. The van der Waals surface area contributed by atoms with Crippen molar-refractivity contribution in [1.82, 2.24) is 4.98 Å². The predicted octanol–water partition coefficient (Wildman–Crippen LogP) is 3.75. The maximum Gasteiger partial charge on any atom is 0.365 e. The second-order valence-corrected chi connectivity index (χ2v) is 5.89. The van der Waals surface area contributed by atoms with Crippen LogP contribution in [0, 0.1) is 13.8 Å². The standard InChI is InChI=1S/C13H13NO2S2/c1-8-3-4-11(5-9(8)2)17-6-10-7-18-12(14-10)13(15)16/h3-5,7H,6H2,1-2H3,(H,15,16). The molecule has 0 spiro atoms. The topological polar surface area (TPSA) is 50.2 Å². The van der Waals surface area contributed by atoms with Crippen molar-refractivity contribution in [1.29, 1.82) is 0 Å². The highest BCUT2D eigenvalue weighted by molar-refractivity contribution is 7.98. The Balaban J connectivity index is 2.02. The van der Waals surface area contributed by atoms with E-state index < -0.39 is 5.97 Å². The Morgan fingerprint density at radius 3 is 2.78 bits per heavy atom. The number of aromatic carboxylic acids is 1. The summed E-state index contributed by atoms with van der Waals surface area (Å²) in [4.78, 5) is 16.0. The van der Waals surface area contributed by atoms with E-state index in [-0.39, 0.29) is 5.01 Å². The molecule has 94 valence electrons. The lowest BCUT2D eigenvalue weighted by molar-refractivity contribution is 0.0696.